The Morgan fingerprint density at radius 1 is 1.18 bits per heavy atom. The summed E-state index contributed by atoms with van der Waals surface area (Å²) in [5.41, 5.74) is 0.470. The minimum atomic E-state index is 0.470. The summed E-state index contributed by atoms with van der Waals surface area (Å²) in [6.07, 6.45) is 8.41. The summed E-state index contributed by atoms with van der Waals surface area (Å²) < 4.78 is 0. The third-order valence-corrected chi connectivity index (χ3v) is 5.26. The molecule has 1 heterocycles. The van der Waals surface area contributed by atoms with Gasteiger partial charge in [-0.15, -0.1) is 0 Å². The van der Waals surface area contributed by atoms with E-state index < -0.39 is 0 Å². The van der Waals surface area contributed by atoms with E-state index in [4.69, 9.17) is 0 Å². The third-order valence-electron chi connectivity index (χ3n) is 5.26. The van der Waals surface area contributed by atoms with Crippen LogP contribution in [0.15, 0.2) is 0 Å². The summed E-state index contributed by atoms with van der Waals surface area (Å²) in [6, 6.07) is 0.751. The minimum Gasteiger partial charge on any atom is -0.309 e. The lowest BCUT2D eigenvalue weighted by atomic mass is 9.79. The second-order valence-electron chi connectivity index (χ2n) is 6.36. The first kappa shape index (κ1) is 13.4. The molecule has 1 aliphatic carbocycles. The van der Waals surface area contributed by atoms with Crippen molar-refractivity contribution in [3.05, 3.63) is 0 Å². The molecule has 2 heteroatoms. The van der Waals surface area contributed by atoms with Gasteiger partial charge in [-0.2, -0.15) is 0 Å². The van der Waals surface area contributed by atoms with E-state index >= 15 is 0 Å². The van der Waals surface area contributed by atoms with Crippen LogP contribution in [-0.4, -0.2) is 36.1 Å². The molecule has 1 aliphatic heterocycles. The van der Waals surface area contributed by atoms with Gasteiger partial charge >= 0.3 is 0 Å². The first-order chi connectivity index (χ1) is 8.17. The highest BCUT2D eigenvalue weighted by atomic mass is 15.2. The molecule has 0 aromatic carbocycles. The van der Waals surface area contributed by atoms with E-state index in [0.717, 1.165) is 12.0 Å². The lowest BCUT2D eigenvalue weighted by Crippen LogP contribution is -2.63. The van der Waals surface area contributed by atoms with Crippen molar-refractivity contribution in [3.8, 4) is 0 Å². The molecular weight excluding hydrogens is 208 g/mol. The molecule has 0 amide bonds. The van der Waals surface area contributed by atoms with E-state index in [9.17, 15) is 0 Å². The Bertz CT molecular complexity index is 228. The largest absolute Gasteiger partial charge is 0.309 e. The molecule has 0 aromatic rings. The zero-order valence-corrected chi connectivity index (χ0v) is 12.0. The third kappa shape index (κ3) is 3.03. The lowest BCUT2D eigenvalue weighted by molar-refractivity contribution is 0.0547. The van der Waals surface area contributed by atoms with Crippen molar-refractivity contribution in [3.63, 3.8) is 0 Å². The minimum absolute atomic E-state index is 0.470. The zero-order chi connectivity index (χ0) is 12.3. The topological polar surface area (TPSA) is 15.3 Å². The molecule has 0 aromatic heterocycles. The molecule has 2 unspecified atom stereocenters. The molecule has 2 nitrogen and oxygen atoms in total. The van der Waals surface area contributed by atoms with Crippen molar-refractivity contribution >= 4 is 0 Å². The van der Waals surface area contributed by atoms with Gasteiger partial charge in [0.25, 0.3) is 0 Å². The van der Waals surface area contributed by atoms with Crippen molar-refractivity contribution in [2.45, 2.75) is 70.9 Å². The summed E-state index contributed by atoms with van der Waals surface area (Å²) in [5.74, 6) is 0.828. The SMILES string of the molecule is CCC(C)C(C)N1CCNC2(CCCCC2)C1. The van der Waals surface area contributed by atoms with Gasteiger partial charge in [0, 0.05) is 31.2 Å². The second-order valence-corrected chi connectivity index (χ2v) is 6.36. The fourth-order valence-electron chi connectivity index (χ4n) is 3.60. The Labute approximate surface area is 107 Å². The van der Waals surface area contributed by atoms with Crippen molar-refractivity contribution in [1.82, 2.24) is 10.2 Å². The van der Waals surface area contributed by atoms with Crippen LogP contribution in [0.2, 0.25) is 0 Å². The molecule has 0 bridgehead atoms. The second kappa shape index (κ2) is 5.71. The molecule has 100 valence electrons. The molecule has 1 N–H and O–H groups in total. The van der Waals surface area contributed by atoms with Crippen LogP contribution in [0.25, 0.3) is 0 Å². The summed E-state index contributed by atoms with van der Waals surface area (Å²) in [4.78, 5) is 2.75. The van der Waals surface area contributed by atoms with Gasteiger partial charge in [0.2, 0.25) is 0 Å². The Balaban J connectivity index is 1.96. The van der Waals surface area contributed by atoms with Crippen LogP contribution >= 0.6 is 0 Å². The molecule has 2 atom stereocenters. The van der Waals surface area contributed by atoms with Crippen molar-refractivity contribution in [2.24, 2.45) is 5.92 Å². The van der Waals surface area contributed by atoms with Gasteiger partial charge < -0.3 is 5.32 Å². The summed E-state index contributed by atoms with van der Waals surface area (Å²) in [7, 11) is 0. The maximum Gasteiger partial charge on any atom is 0.0309 e. The quantitative estimate of drug-likeness (QED) is 0.813. The predicted octanol–water partition coefficient (Wildman–Crippen LogP) is 3.03. The van der Waals surface area contributed by atoms with Crippen LogP contribution < -0.4 is 5.32 Å². The average Bonchev–Trinajstić information content (AvgIpc) is 2.38. The Hall–Kier alpha value is -0.0800. The number of hydrogen-bond donors (Lipinski definition) is 1. The summed E-state index contributed by atoms with van der Waals surface area (Å²) in [6.45, 7) is 10.9. The summed E-state index contributed by atoms with van der Waals surface area (Å²) >= 11 is 0. The number of hydrogen-bond acceptors (Lipinski definition) is 2. The zero-order valence-electron chi connectivity index (χ0n) is 12.0. The van der Waals surface area contributed by atoms with E-state index in [-0.39, 0.29) is 0 Å². The van der Waals surface area contributed by atoms with E-state index in [0.29, 0.717) is 5.54 Å². The molecule has 2 fully saturated rings. The van der Waals surface area contributed by atoms with Gasteiger partial charge in [0.1, 0.15) is 0 Å². The van der Waals surface area contributed by atoms with E-state index in [1.54, 1.807) is 0 Å². The predicted molar refractivity (Wildman–Crippen MR) is 74.3 cm³/mol. The monoisotopic (exact) mass is 238 g/mol. The van der Waals surface area contributed by atoms with E-state index in [1.165, 1.54) is 58.2 Å². The van der Waals surface area contributed by atoms with Gasteiger partial charge in [-0.1, -0.05) is 39.5 Å². The van der Waals surface area contributed by atoms with Crippen LogP contribution in [-0.2, 0) is 0 Å². The molecular formula is C15H30N2. The summed E-state index contributed by atoms with van der Waals surface area (Å²) in [5, 5.41) is 3.83. The van der Waals surface area contributed by atoms with Crippen LogP contribution in [0.1, 0.15) is 59.3 Å². The standard InChI is InChI=1S/C15H30N2/c1-4-13(2)14(3)17-11-10-16-15(12-17)8-6-5-7-9-15/h13-14,16H,4-12H2,1-3H3. The van der Waals surface area contributed by atoms with Gasteiger partial charge in [0.15, 0.2) is 0 Å². The van der Waals surface area contributed by atoms with Gasteiger partial charge in [-0.05, 0) is 25.7 Å². The van der Waals surface area contributed by atoms with Crippen LogP contribution in [0.3, 0.4) is 0 Å². The highest BCUT2D eigenvalue weighted by molar-refractivity contribution is 4.97. The molecule has 2 rings (SSSR count). The number of nitrogens with zero attached hydrogens (tertiary/aromatic N) is 1. The Morgan fingerprint density at radius 3 is 2.53 bits per heavy atom. The molecule has 1 saturated heterocycles. The first-order valence-corrected chi connectivity index (χ1v) is 7.66. The smallest absolute Gasteiger partial charge is 0.0309 e. The van der Waals surface area contributed by atoms with Gasteiger partial charge in [-0.25, -0.2) is 0 Å². The fourth-order valence-corrected chi connectivity index (χ4v) is 3.60. The van der Waals surface area contributed by atoms with Crippen molar-refractivity contribution in [2.75, 3.05) is 19.6 Å². The van der Waals surface area contributed by atoms with E-state index in [2.05, 4.69) is 31.0 Å². The van der Waals surface area contributed by atoms with Crippen LogP contribution in [0.5, 0.6) is 0 Å². The molecule has 2 aliphatic rings. The lowest BCUT2D eigenvalue weighted by Gasteiger charge is -2.49. The number of piperazine rings is 1. The van der Waals surface area contributed by atoms with Crippen molar-refractivity contribution < 1.29 is 0 Å². The Morgan fingerprint density at radius 2 is 1.88 bits per heavy atom. The molecule has 0 radical (unpaired) electrons. The highest BCUT2D eigenvalue weighted by Crippen LogP contribution is 2.32. The maximum absolute atomic E-state index is 3.83. The van der Waals surface area contributed by atoms with E-state index in [1.807, 2.05) is 0 Å². The first-order valence-electron chi connectivity index (χ1n) is 7.66. The number of rotatable bonds is 3. The molecule has 17 heavy (non-hydrogen) atoms. The fraction of sp³-hybridized carbons (Fsp3) is 1.00. The Kier molecular flexibility index (Phi) is 4.48. The van der Waals surface area contributed by atoms with Crippen molar-refractivity contribution in [1.29, 1.82) is 0 Å². The average molecular weight is 238 g/mol. The molecule has 1 spiro atoms. The maximum atomic E-state index is 3.83. The molecule has 1 saturated carbocycles. The van der Waals surface area contributed by atoms with Crippen LogP contribution in [0, 0.1) is 5.92 Å². The number of nitrogens with one attached hydrogen (secondary N) is 1. The normalized spacial score (nSPS) is 29.1. The van der Waals surface area contributed by atoms with Crippen LogP contribution in [0.4, 0.5) is 0 Å². The highest BCUT2D eigenvalue weighted by Gasteiger charge is 2.37. The van der Waals surface area contributed by atoms with Gasteiger partial charge in [-0.3, -0.25) is 4.90 Å². The van der Waals surface area contributed by atoms with Gasteiger partial charge in [0.05, 0.1) is 0 Å².